The molecule has 1 aromatic carbocycles. The lowest BCUT2D eigenvalue weighted by Crippen LogP contribution is -2.25. The van der Waals surface area contributed by atoms with Gasteiger partial charge in [-0.3, -0.25) is 0 Å². The summed E-state index contributed by atoms with van der Waals surface area (Å²) in [7, 11) is 1.94. The van der Waals surface area contributed by atoms with Gasteiger partial charge in [0, 0.05) is 19.7 Å². The van der Waals surface area contributed by atoms with Gasteiger partial charge in [0.25, 0.3) is 0 Å². The van der Waals surface area contributed by atoms with Crippen molar-refractivity contribution in [2.75, 3.05) is 20.2 Å². The summed E-state index contributed by atoms with van der Waals surface area (Å²) in [5, 5.41) is 9.07. The van der Waals surface area contributed by atoms with Crippen LogP contribution in [0.1, 0.15) is 12.5 Å². The van der Waals surface area contributed by atoms with Gasteiger partial charge in [0.15, 0.2) is 0 Å². The Kier molecular flexibility index (Phi) is 5.19. The highest BCUT2D eigenvalue weighted by atomic mass is 35.5. The smallest absolute Gasteiger partial charge is 0.142 e. The zero-order chi connectivity index (χ0) is 12.1. The topological polar surface area (TPSA) is 23.5 Å². The first-order valence-electron chi connectivity index (χ1n) is 5.26. The maximum atomic E-state index is 13.2. The summed E-state index contributed by atoms with van der Waals surface area (Å²) in [5.74, 6) is -0.162. The molecule has 1 atom stereocenters. The molecule has 0 saturated heterocycles. The van der Waals surface area contributed by atoms with Gasteiger partial charge in [0.2, 0.25) is 0 Å². The summed E-state index contributed by atoms with van der Waals surface area (Å²) in [4.78, 5) is 2.05. The van der Waals surface area contributed by atoms with E-state index in [1.165, 1.54) is 6.07 Å². The lowest BCUT2D eigenvalue weighted by Gasteiger charge is -2.20. The van der Waals surface area contributed by atoms with Crippen LogP contribution in [0.5, 0.6) is 0 Å². The highest BCUT2D eigenvalue weighted by Gasteiger charge is 2.07. The van der Waals surface area contributed by atoms with E-state index in [4.69, 9.17) is 16.7 Å². The predicted octanol–water partition coefficient (Wildman–Crippen LogP) is 2.54. The van der Waals surface area contributed by atoms with Gasteiger partial charge in [-0.1, -0.05) is 24.6 Å². The molecule has 0 aromatic heterocycles. The molecule has 0 aliphatic rings. The van der Waals surface area contributed by atoms with Crippen LogP contribution in [-0.2, 0) is 6.54 Å². The average molecular weight is 246 g/mol. The SMILES string of the molecule is CC(CO)CN(C)Cc1ccc(Cl)c(F)c1. The van der Waals surface area contributed by atoms with Gasteiger partial charge in [-0.15, -0.1) is 0 Å². The molecular formula is C12H17ClFNO. The summed E-state index contributed by atoms with van der Waals surface area (Å²) in [5.41, 5.74) is 0.884. The summed E-state index contributed by atoms with van der Waals surface area (Å²) in [6, 6.07) is 4.82. The Morgan fingerprint density at radius 1 is 1.50 bits per heavy atom. The van der Waals surface area contributed by atoms with E-state index >= 15 is 0 Å². The van der Waals surface area contributed by atoms with Crippen molar-refractivity contribution in [2.24, 2.45) is 5.92 Å². The van der Waals surface area contributed by atoms with Crippen molar-refractivity contribution in [3.05, 3.63) is 34.6 Å². The molecule has 1 unspecified atom stereocenters. The van der Waals surface area contributed by atoms with E-state index in [1.54, 1.807) is 6.07 Å². The fourth-order valence-electron chi connectivity index (χ4n) is 1.60. The lowest BCUT2D eigenvalue weighted by molar-refractivity contribution is 0.187. The minimum atomic E-state index is -0.386. The maximum absolute atomic E-state index is 13.2. The molecule has 0 amide bonds. The lowest BCUT2D eigenvalue weighted by atomic mass is 10.1. The summed E-state index contributed by atoms with van der Waals surface area (Å²) in [6.45, 7) is 3.57. The second kappa shape index (κ2) is 6.18. The highest BCUT2D eigenvalue weighted by Crippen LogP contribution is 2.16. The minimum absolute atomic E-state index is 0.148. The second-order valence-corrected chi connectivity index (χ2v) is 4.64. The van der Waals surface area contributed by atoms with Gasteiger partial charge in [0.1, 0.15) is 5.82 Å². The zero-order valence-corrected chi connectivity index (χ0v) is 10.3. The van der Waals surface area contributed by atoms with E-state index in [0.29, 0.717) is 6.54 Å². The Hall–Kier alpha value is -0.640. The summed E-state index contributed by atoms with van der Waals surface area (Å²) < 4.78 is 13.2. The first kappa shape index (κ1) is 13.4. The van der Waals surface area contributed by atoms with Crippen LogP contribution in [0.2, 0.25) is 5.02 Å². The van der Waals surface area contributed by atoms with Crippen molar-refractivity contribution in [1.29, 1.82) is 0 Å². The van der Waals surface area contributed by atoms with Gasteiger partial charge < -0.3 is 10.0 Å². The van der Waals surface area contributed by atoms with Crippen molar-refractivity contribution >= 4 is 11.6 Å². The molecule has 0 aliphatic heterocycles. The van der Waals surface area contributed by atoms with E-state index in [-0.39, 0.29) is 23.4 Å². The molecule has 0 heterocycles. The number of hydrogen-bond donors (Lipinski definition) is 1. The molecule has 4 heteroatoms. The van der Waals surface area contributed by atoms with E-state index in [1.807, 2.05) is 24.9 Å². The number of halogens is 2. The van der Waals surface area contributed by atoms with Gasteiger partial charge >= 0.3 is 0 Å². The van der Waals surface area contributed by atoms with E-state index in [9.17, 15) is 4.39 Å². The van der Waals surface area contributed by atoms with Crippen LogP contribution >= 0.6 is 11.6 Å². The van der Waals surface area contributed by atoms with Crippen molar-refractivity contribution in [1.82, 2.24) is 4.90 Å². The maximum Gasteiger partial charge on any atom is 0.142 e. The molecule has 1 rings (SSSR count). The van der Waals surface area contributed by atoms with Gasteiger partial charge in [0.05, 0.1) is 5.02 Å². The van der Waals surface area contributed by atoms with Crippen molar-refractivity contribution in [3.63, 3.8) is 0 Å². The monoisotopic (exact) mass is 245 g/mol. The molecule has 0 saturated carbocycles. The number of aliphatic hydroxyl groups excluding tert-OH is 1. The number of nitrogens with zero attached hydrogens (tertiary/aromatic N) is 1. The molecule has 90 valence electrons. The number of rotatable bonds is 5. The number of hydrogen-bond acceptors (Lipinski definition) is 2. The number of benzene rings is 1. The average Bonchev–Trinajstić information content (AvgIpc) is 2.23. The fraction of sp³-hybridized carbons (Fsp3) is 0.500. The van der Waals surface area contributed by atoms with Crippen LogP contribution in [0.4, 0.5) is 4.39 Å². The van der Waals surface area contributed by atoms with E-state index in [0.717, 1.165) is 12.1 Å². The van der Waals surface area contributed by atoms with E-state index in [2.05, 4.69) is 0 Å². The predicted molar refractivity (Wildman–Crippen MR) is 64.0 cm³/mol. The van der Waals surface area contributed by atoms with Crippen molar-refractivity contribution in [2.45, 2.75) is 13.5 Å². The van der Waals surface area contributed by atoms with Crippen LogP contribution in [0, 0.1) is 11.7 Å². The largest absolute Gasteiger partial charge is 0.396 e. The van der Waals surface area contributed by atoms with Gasteiger partial charge in [-0.05, 0) is 30.7 Å². The van der Waals surface area contributed by atoms with E-state index < -0.39 is 0 Å². The summed E-state index contributed by atoms with van der Waals surface area (Å²) >= 11 is 5.60. The molecule has 16 heavy (non-hydrogen) atoms. The second-order valence-electron chi connectivity index (χ2n) is 4.23. The Labute approximate surface area is 101 Å². The molecule has 0 radical (unpaired) electrons. The Balaban J connectivity index is 2.56. The van der Waals surface area contributed by atoms with Crippen LogP contribution in [0.15, 0.2) is 18.2 Å². The molecule has 0 aliphatic carbocycles. The third kappa shape index (κ3) is 4.08. The molecule has 1 N–H and O–H groups in total. The molecule has 1 aromatic rings. The normalized spacial score (nSPS) is 13.1. The minimum Gasteiger partial charge on any atom is -0.396 e. The quantitative estimate of drug-likeness (QED) is 0.862. The van der Waals surface area contributed by atoms with Gasteiger partial charge in [-0.2, -0.15) is 0 Å². The third-order valence-electron chi connectivity index (χ3n) is 2.37. The molecule has 0 bridgehead atoms. The molecule has 0 spiro atoms. The van der Waals surface area contributed by atoms with Crippen LogP contribution in [-0.4, -0.2) is 30.2 Å². The Morgan fingerprint density at radius 3 is 2.75 bits per heavy atom. The van der Waals surface area contributed by atoms with Crippen molar-refractivity contribution < 1.29 is 9.50 Å². The third-order valence-corrected chi connectivity index (χ3v) is 2.68. The fourth-order valence-corrected chi connectivity index (χ4v) is 1.72. The molecule has 2 nitrogen and oxygen atoms in total. The summed E-state index contributed by atoms with van der Waals surface area (Å²) in [6.07, 6.45) is 0. The Bertz CT molecular complexity index is 346. The highest BCUT2D eigenvalue weighted by molar-refractivity contribution is 6.30. The van der Waals surface area contributed by atoms with Crippen LogP contribution < -0.4 is 0 Å². The number of aliphatic hydroxyl groups is 1. The Morgan fingerprint density at radius 2 is 2.19 bits per heavy atom. The molecular weight excluding hydrogens is 229 g/mol. The van der Waals surface area contributed by atoms with Gasteiger partial charge in [-0.25, -0.2) is 4.39 Å². The van der Waals surface area contributed by atoms with Crippen molar-refractivity contribution in [3.8, 4) is 0 Å². The molecule has 0 fully saturated rings. The first-order chi connectivity index (χ1) is 7.52. The van der Waals surface area contributed by atoms with Crippen LogP contribution in [0.3, 0.4) is 0 Å². The first-order valence-corrected chi connectivity index (χ1v) is 5.64. The zero-order valence-electron chi connectivity index (χ0n) is 9.58. The van der Waals surface area contributed by atoms with Crippen LogP contribution in [0.25, 0.3) is 0 Å². The standard InChI is InChI=1S/C12H17ClFNO/c1-9(8-16)6-15(2)7-10-3-4-11(13)12(14)5-10/h3-5,9,16H,6-8H2,1-2H3.